The van der Waals surface area contributed by atoms with Gasteiger partial charge in [-0.25, -0.2) is 0 Å². The van der Waals surface area contributed by atoms with E-state index in [0.717, 1.165) is 46.3 Å². The number of nitrogens with one attached hydrogen (secondary N) is 1. The Morgan fingerprint density at radius 1 is 1.18 bits per heavy atom. The molecule has 3 nitrogen and oxygen atoms in total. The Bertz CT molecular complexity index is 647. The van der Waals surface area contributed by atoms with Gasteiger partial charge in [-0.2, -0.15) is 0 Å². The zero-order valence-corrected chi connectivity index (χ0v) is 14.1. The molecule has 22 heavy (non-hydrogen) atoms. The summed E-state index contributed by atoms with van der Waals surface area (Å²) in [7, 11) is 1.92. The van der Waals surface area contributed by atoms with E-state index in [-0.39, 0.29) is 5.91 Å². The molecule has 0 aliphatic carbocycles. The number of rotatable bonds is 3. The van der Waals surface area contributed by atoms with E-state index in [1.54, 1.807) is 11.3 Å². The van der Waals surface area contributed by atoms with E-state index in [2.05, 4.69) is 5.32 Å². The van der Waals surface area contributed by atoms with E-state index >= 15 is 0 Å². The summed E-state index contributed by atoms with van der Waals surface area (Å²) < 4.78 is 0. The van der Waals surface area contributed by atoms with E-state index in [4.69, 9.17) is 11.6 Å². The van der Waals surface area contributed by atoms with E-state index in [0.29, 0.717) is 6.04 Å². The maximum atomic E-state index is 12.6. The second-order valence-corrected chi connectivity index (χ2v) is 7.09. The maximum Gasteiger partial charge on any atom is 0.263 e. The van der Waals surface area contributed by atoms with Crippen LogP contribution in [-0.4, -0.2) is 37.0 Å². The second-order valence-electron chi connectivity index (χ2n) is 5.57. The van der Waals surface area contributed by atoms with Crippen LogP contribution in [-0.2, 0) is 0 Å². The molecular weight excluding hydrogens is 316 g/mol. The number of benzene rings is 1. The minimum Gasteiger partial charge on any atom is -0.338 e. The zero-order valence-electron chi connectivity index (χ0n) is 12.5. The van der Waals surface area contributed by atoms with Crippen LogP contribution in [0.5, 0.6) is 0 Å². The standard InChI is InChI=1S/C17H19ClN2OS/c1-20(14-8-10-19-11-9-14)17(21)16-7-6-15(22-16)12-2-4-13(18)5-3-12/h2-7,14,19H,8-11H2,1H3. The van der Waals surface area contributed by atoms with Gasteiger partial charge in [0.2, 0.25) is 0 Å². The molecule has 1 aliphatic heterocycles. The van der Waals surface area contributed by atoms with Crippen molar-refractivity contribution >= 4 is 28.8 Å². The van der Waals surface area contributed by atoms with Gasteiger partial charge in [-0.3, -0.25) is 4.79 Å². The highest BCUT2D eigenvalue weighted by molar-refractivity contribution is 7.17. The van der Waals surface area contributed by atoms with E-state index < -0.39 is 0 Å². The Morgan fingerprint density at radius 3 is 2.55 bits per heavy atom. The number of piperidine rings is 1. The molecule has 0 unspecified atom stereocenters. The molecule has 3 rings (SSSR count). The minimum atomic E-state index is 0.122. The Hall–Kier alpha value is -1.36. The van der Waals surface area contributed by atoms with Crippen molar-refractivity contribution in [3.63, 3.8) is 0 Å². The second kappa shape index (κ2) is 6.82. The van der Waals surface area contributed by atoms with Crippen molar-refractivity contribution in [2.45, 2.75) is 18.9 Å². The van der Waals surface area contributed by atoms with Crippen LogP contribution in [0.2, 0.25) is 5.02 Å². The third-order valence-electron chi connectivity index (χ3n) is 4.12. The lowest BCUT2D eigenvalue weighted by Gasteiger charge is -2.31. The van der Waals surface area contributed by atoms with Crippen molar-refractivity contribution in [3.8, 4) is 10.4 Å². The minimum absolute atomic E-state index is 0.122. The molecule has 1 amide bonds. The Kier molecular flexibility index (Phi) is 4.81. The largest absolute Gasteiger partial charge is 0.338 e. The molecule has 5 heteroatoms. The van der Waals surface area contributed by atoms with Crippen molar-refractivity contribution in [1.29, 1.82) is 0 Å². The lowest BCUT2D eigenvalue weighted by molar-refractivity contribution is 0.0708. The number of halogens is 1. The van der Waals surface area contributed by atoms with Gasteiger partial charge in [0.1, 0.15) is 0 Å². The van der Waals surface area contributed by atoms with E-state index in [1.807, 2.05) is 48.3 Å². The van der Waals surface area contributed by atoms with Gasteiger partial charge < -0.3 is 10.2 Å². The Balaban J connectivity index is 1.75. The summed E-state index contributed by atoms with van der Waals surface area (Å²) in [5.74, 6) is 0.122. The van der Waals surface area contributed by atoms with Gasteiger partial charge in [-0.1, -0.05) is 23.7 Å². The number of thiophene rings is 1. The van der Waals surface area contributed by atoms with Gasteiger partial charge in [0.15, 0.2) is 0 Å². The lowest BCUT2D eigenvalue weighted by Crippen LogP contribution is -2.43. The van der Waals surface area contributed by atoms with E-state index in [1.165, 1.54) is 0 Å². The monoisotopic (exact) mass is 334 g/mol. The van der Waals surface area contributed by atoms with Crippen LogP contribution in [0.15, 0.2) is 36.4 Å². The van der Waals surface area contributed by atoms with Gasteiger partial charge in [0.05, 0.1) is 4.88 Å². The van der Waals surface area contributed by atoms with Gasteiger partial charge >= 0.3 is 0 Å². The summed E-state index contributed by atoms with van der Waals surface area (Å²) in [6.45, 7) is 1.98. The number of nitrogens with zero attached hydrogens (tertiary/aromatic N) is 1. The third-order valence-corrected chi connectivity index (χ3v) is 5.50. The molecule has 116 valence electrons. The summed E-state index contributed by atoms with van der Waals surface area (Å²) in [5.41, 5.74) is 1.10. The molecule has 1 N–H and O–H groups in total. The molecular formula is C17H19ClN2OS. The molecule has 1 aromatic heterocycles. The SMILES string of the molecule is CN(C(=O)c1ccc(-c2ccc(Cl)cc2)s1)C1CCNCC1. The molecule has 1 saturated heterocycles. The summed E-state index contributed by atoms with van der Waals surface area (Å²) in [5, 5.41) is 4.06. The smallest absolute Gasteiger partial charge is 0.263 e. The van der Waals surface area contributed by atoms with Crippen LogP contribution >= 0.6 is 22.9 Å². The van der Waals surface area contributed by atoms with Crippen LogP contribution in [0.3, 0.4) is 0 Å². The number of carbonyl (C=O) groups excluding carboxylic acids is 1. The Morgan fingerprint density at radius 2 is 1.86 bits per heavy atom. The summed E-state index contributed by atoms with van der Waals surface area (Å²) in [6, 6.07) is 12.0. The van der Waals surface area contributed by atoms with Crippen molar-refractivity contribution in [3.05, 3.63) is 46.3 Å². The van der Waals surface area contributed by atoms with Crippen molar-refractivity contribution in [2.24, 2.45) is 0 Å². The molecule has 0 radical (unpaired) electrons. The Labute approximate surface area is 139 Å². The number of carbonyl (C=O) groups is 1. The van der Waals surface area contributed by atoms with Gasteiger partial charge in [0, 0.05) is 23.0 Å². The zero-order chi connectivity index (χ0) is 15.5. The normalized spacial score (nSPS) is 15.7. The molecule has 2 aromatic rings. The molecule has 1 aliphatic rings. The maximum absolute atomic E-state index is 12.6. The first-order valence-electron chi connectivity index (χ1n) is 7.49. The highest BCUT2D eigenvalue weighted by Crippen LogP contribution is 2.30. The molecule has 2 heterocycles. The quantitative estimate of drug-likeness (QED) is 0.923. The number of hydrogen-bond donors (Lipinski definition) is 1. The average Bonchev–Trinajstić information content (AvgIpc) is 3.05. The molecule has 0 bridgehead atoms. The highest BCUT2D eigenvalue weighted by Gasteiger charge is 2.23. The molecule has 0 atom stereocenters. The van der Waals surface area contributed by atoms with Crippen LogP contribution in [0.4, 0.5) is 0 Å². The average molecular weight is 335 g/mol. The predicted molar refractivity (Wildman–Crippen MR) is 92.8 cm³/mol. The molecule has 0 saturated carbocycles. The van der Waals surface area contributed by atoms with Crippen molar-refractivity contribution in [1.82, 2.24) is 10.2 Å². The van der Waals surface area contributed by atoms with Crippen LogP contribution in [0, 0.1) is 0 Å². The van der Waals surface area contributed by atoms with Gasteiger partial charge in [0.25, 0.3) is 5.91 Å². The van der Waals surface area contributed by atoms with Crippen molar-refractivity contribution < 1.29 is 4.79 Å². The fourth-order valence-corrected chi connectivity index (χ4v) is 3.88. The third kappa shape index (κ3) is 3.35. The van der Waals surface area contributed by atoms with Crippen LogP contribution < -0.4 is 5.32 Å². The summed E-state index contributed by atoms with van der Waals surface area (Å²) in [6.07, 6.45) is 2.05. The van der Waals surface area contributed by atoms with Crippen LogP contribution in [0.25, 0.3) is 10.4 Å². The van der Waals surface area contributed by atoms with Gasteiger partial charge in [-0.05, 0) is 55.8 Å². The fourth-order valence-electron chi connectivity index (χ4n) is 2.76. The molecule has 0 spiro atoms. The number of hydrogen-bond acceptors (Lipinski definition) is 3. The van der Waals surface area contributed by atoms with Crippen molar-refractivity contribution in [2.75, 3.05) is 20.1 Å². The molecule has 1 fully saturated rings. The highest BCUT2D eigenvalue weighted by atomic mass is 35.5. The number of amides is 1. The first-order chi connectivity index (χ1) is 10.6. The summed E-state index contributed by atoms with van der Waals surface area (Å²) in [4.78, 5) is 16.4. The first kappa shape index (κ1) is 15.5. The van der Waals surface area contributed by atoms with Gasteiger partial charge in [-0.15, -0.1) is 11.3 Å². The molecule has 1 aromatic carbocycles. The van der Waals surface area contributed by atoms with E-state index in [9.17, 15) is 4.79 Å². The lowest BCUT2D eigenvalue weighted by atomic mass is 10.1. The fraction of sp³-hybridized carbons (Fsp3) is 0.353. The first-order valence-corrected chi connectivity index (χ1v) is 8.68. The summed E-state index contributed by atoms with van der Waals surface area (Å²) >= 11 is 7.46. The van der Waals surface area contributed by atoms with Crippen LogP contribution in [0.1, 0.15) is 22.5 Å². The topological polar surface area (TPSA) is 32.3 Å². The predicted octanol–water partition coefficient (Wildman–Crippen LogP) is 3.89.